The van der Waals surface area contributed by atoms with Crippen molar-refractivity contribution in [3.05, 3.63) is 35.1 Å². The topological polar surface area (TPSA) is 88.8 Å². The van der Waals surface area contributed by atoms with Gasteiger partial charge in [0.15, 0.2) is 0 Å². The Hall–Kier alpha value is -2.34. The van der Waals surface area contributed by atoms with Gasteiger partial charge in [0, 0.05) is 18.6 Å². The van der Waals surface area contributed by atoms with E-state index in [1.807, 2.05) is 26.0 Å². The predicted octanol–water partition coefficient (Wildman–Crippen LogP) is 2.80. The van der Waals surface area contributed by atoms with Gasteiger partial charge in [0.05, 0.1) is 17.5 Å². The second kappa shape index (κ2) is 6.28. The number of hydrogen-bond donors (Lipinski definition) is 2. The number of amides is 1. The van der Waals surface area contributed by atoms with Crippen molar-refractivity contribution >= 4 is 22.8 Å². The number of carbonyl (C=O) groups is 2. The Morgan fingerprint density at radius 2 is 1.88 bits per heavy atom. The highest BCUT2D eigenvalue weighted by Crippen LogP contribution is 2.28. The highest BCUT2D eigenvalue weighted by atomic mass is 16.5. The normalized spacial score (nSPS) is 16.9. The molecule has 0 aliphatic carbocycles. The average molecular weight is 331 g/mol. The van der Waals surface area contributed by atoms with E-state index in [1.54, 1.807) is 0 Å². The van der Waals surface area contributed by atoms with Crippen LogP contribution in [0, 0.1) is 13.8 Å². The Bertz CT molecular complexity index is 786. The highest BCUT2D eigenvalue weighted by molar-refractivity contribution is 6.06. The third kappa shape index (κ3) is 3.14. The molecule has 1 fully saturated rings. The van der Waals surface area contributed by atoms with Crippen LogP contribution >= 0.6 is 0 Å². The number of fused-ring (bicyclic) bond motifs is 1. The second-order valence-electron chi connectivity index (χ2n) is 6.50. The molecule has 6 nitrogen and oxygen atoms in total. The molecule has 0 atom stereocenters. The van der Waals surface area contributed by atoms with Crippen LogP contribution in [0.5, 0.6) is 0 Å². The zero-order valence-electron chi connectivity index (χ0n) is 13.8. The molecule has 128 valence electrons. The molecule has 0 radical (unpaired) electrons. The van der Waals surface area contributed by atoms with Crippen LogP contribution in [0.2, 0.25) is 0 Å². The van der Waals surface area contributed by atoms with Crippen LogP contribution in [0.25, 0.3) is 11.0 Å². The number of nitrogens with one attached hydrogen (secondary N) is 1. The number of rotatable bonds is 4. The van der Waals surface area contributed by atoms with Gasteiger partial charge in [-0.25, -0.2) is 0 Å². The number of carboxylic acids is 1. The van der Waals surface area contributed by atoms with Gasteiger partial charge in [0.2, 0.25) is 0 Å². The van der Waals surface area contributed by atoms with Crippen molar-refractivity contribution in [1.82, 2.24) is 5.32 Å². The van der Waals surface area contributed by atoms with E-state index in [0.717, 1.165) is 16.5 Å². The number of aryl methyl sites for hydroxylation is 2. The fourth-order valence-electron chi connectivity index (χ4n) is 3.17. The molecule has 1 aromatic heterocycles. The summed E-state index contributed by atoms with van der Waals surface area (Å²) in [5, 5.41) is 12.9. The molecule has 0 bridgehead atoms. The lowest BCUT2D eigenvalue weighted by molar-refractivity contribution is -0.139. The minimum Gasteiger partial charge on any atom is -0.481 e. The molecule has 3 rings (SSSR count). The number of benzene rings is 1. The summed E-state index contributed by atoms with van der Waals surface area (Å²) in [6, 6.07) is 3.83. The molecule has 2 aromatic rings. The van der Waals surface area contributed by atoms with Crippen LogP contribution in [-0.4, -0.2) is 35.7 Å². The van der Waals surface area contributed by atoms with Crippen molar-refractivity contribution in [3.8, 4) is 0 Å². The zero-order valence-corrected chi connectivity index (χ0v) is 13.8. The fraction of sp³-hybridized carbons (Fsp3) is 0.444. The van der Waals surface area contributed by atoms with Crippen LogP contribution in [0.3, 0.4) is 0 Å². The summed E-state index contributed by atoms with van der Waals surface area (Å²) in [6.45, 7) is 4.85. The first-order valence-electron chi connectivity index (χ1n) is 8.01. The summed E-state index contributed by atoms with van der Waals surface area (Å²) in [7, 11) is 0. The maximum atomic E-state index is 12.8. The third-order valence-corrected chi connectivity index (χ3v) is 4.75. The van der Waals surface area contributed by atoms with Crippen molar-refractivity contribution in [1.29, 1.82) is 0 Å². The Morgan fingerprint density at radius 3 is 2.54 bits per heavy atom. The van der Waals surface area contributed by atoms with Gasteiger partial charge in [-0.1, -0.05) is 0 Å². The van der Waals surface area contributed by atoms with Gasteiger partial charge in [-0.15, -0.1) is 0 Å². The molecule has 1 amide bonds. The first-order chi connectivity index (χ1) is 11.4. The molecule has 1 aliphatic rings. The lowest BCUT2D eigenvalue weighted by atomic mass is 9.86. The predicted molar refractivity (Wildman–Crippen MR) is 88.2 cm³/mol. The average Bonchev–Trinajstić information content (AvgIpc) is 2.90. The van der Waals surface area contributed by atoms with Gasteiger partial charge < -0.3 is 19.6 Å². The molecule has 0 saturated carbocycles. The van der Waals surface area contributed by atoms with Crippen LogP contribution in [-0.2, 0) is 9.53 Å². The standard InChI is InChI=1S/C18H21NO5/c1-11-7-13-14(10-24-15(13)8-12(11)2)17(22)19-18(9-16(20)21)3-5-23-6-4-18/h7-8,10H,3-6,9H2,1-2H3,(H,19,22)(H,20,21). The maximum Gasteiger partial charge on any atom is 0.305 e. The molecule has 2 heterocycles. The molecular formula is C18H21NO5. The number of hydrogen-bond acceptors (Lipinski definition) is 4. The SMILES string of the molecule is Cc1cc2occ(C(=O)NC3(CC(=O)O)CCOCC3)c2cc1C. The van der Waals surface area contributed by atoms with Crippen LogP contribution in [0.1, 0.15) is 40.7 Å². The molecule has 1 saturated heterocycles. The van der Waals surface area contributed by atoms with E-state index in [0.29, 0.717) is 37.2 Å². The number of ether oxygens (including phenoxy) is 1. The molecule has 6 heteroatoms. The smallest absolute Gasteiger partial charge is 0.305 e. The van der Waals surface area contributed by atoms with Crippen LogP contribution in [0.4, 0.5) is 0 Å². The molecular weight excluding hydrogens is 310 g/mol. The fourth-order valence-corrected chi connectivity index (χ4v) is 3.17. The van der Waals surface area contributed by atoms with Gasteiger partial charge in [-0.3, -0.25) is 9.59 Å². The van der Waals surface area contributed by atoms with Crippen molar-refractivity contribution in [2.24, 2.45) is 0 Å². The summed E-state index contributed by atoms with van der Waals surface area (Å²) >= 11 is 0. The van der Waals surface area contributed by atoms with Crippen molar-refractivity contribution in [2.75, 3.05) is 13.2 Å². The molecule has 1 aromatic carbocycles. The number of furan rings is 1. The van der Waals surface area contributed by atoms with Gasteiger partial charge in [0.1, 0.15) is 11.8 Å². The summed E-state index contributed by atoms with van der Waals surface area (Å²) in [5.74, 6) is -1.24. The first kappa shape index (κ1) is 16.5. The maximum absolute atomic E-state index is 12.8. The minimum absolute atomic E-state index is 0.115. The molecule has 0 spiro atoms. The Morgan fingerprint density at radius 1 is 1.21 bits per heavy atom. The van der Waals surface area contributed by atoms with Crippen LogP contribution < -0.4 is 5.32 Å². The molecule has 2 N–H and O–H groups in total. The summed E-state index contributed by atoms with van der Waals surface area (Å²) in [6.07, 6.45) is 2.29. The van der Waals surface area contributed by atoms with E-state index < -0.39 is 11.5 Å². The van der Waals surface area contributed by atoms with E-state index in [1.165, 1.54) is 6.26 Å². The first-order valence-corrected chi connectivity index (χ1v) is 8.01. The molecule has 24 heavy (non-hydrogen) atoms. The number of carboxylic acid groups (broad SMARTS) is 1. The Kier molecular flexibility index (Phi) is 4.32. The lowest BCUT2D eigenvalue weighted by Gasteiger charge is -2.36. The molecule has 0 unspecified atom stereocenters. The van der Waals surface area contributed by atoms with E-state index in [-0.39, 0.29) is 12.3 Å². The van der Waals surface area contributed by atoms with E-state index >= 15 is 0 Å². The summed E-state index contributed by atoms with van der Waals surface area (Å²) in [4.78, 5) is 24.0. The Balaban J connectivity index is 1.90. The van der Waals surface area contributed by atoms with Gasteiger partial charge in [0.25, 0.3) is 5.91 Å². The number of carbonyl (C=O) groups excluding carboxylic acids is 1. The second-order valence-corrected chi connectivity index (χ2v) is 6.50. The van der Waals surface area contributed by atoms with Gasteiger partial charge in [-0.2, -0.15) is 0 Å². The quantitative estimate of drug-likeness (QED) is 0.899. The largest absolute Gasteiger partial charge is 0.481 e. The van der Waals surface area contributed by atoms with Crippen molar-refractivity contribution < 1.29 is 23.8 Å². The number of aliphatic carboxylic acids is 1. The van der Waals surface area contributed by atoms with E-state index in [4.69, 9.17) is 9.15 Å². The summed E-state index contributed by atoms with van der Waals surface area (Å²) < 4.78 is 10.8. The minimum atomic E-state index is -0.930. The summed E-state index contributed by atoms with van der Waals surface area (Å²) in [5.41, 5.74) is 2.48. The lowest BCUT2D eigenvalue weighted by Crippen LogP contribution is -2.53. The van der Waals surface area contributed by atoms with Crippen molar-refractivity contribution in [3.63, 3.8) is 0 Å². The zero-order chi connectivity index (χ0) is 17.3. The van der Waals surface area contributed by atoms with E-state index in [9.17, 15) is 14.7 Å². The molecule has 1 aliphatic heterocycles. The van der Waals surface area contributed by atoms with E-state index in [2.05, 4.69) is 5.32 Å². The van der Waals surface area contributed by atoms with Crippen molar-refractivity contribution in [2.45, 2.75) is 38.6 Å². The van der Waals surface area contributed by atoms with Gasteiger partial charge >= 0.3 is 5.97 Å². The Labute approximate surface area is 139 Å². The highest BCUT2D eigenvalue weighted by Gasteiger charge is 2.37. The van der Waals surface area contributed by atoms with Gasteiger partial charge in [-0.05, 0) is 49.9 Å². The third-order valence-electron chi connectivity index (χ3n) is 4.75. The van der Waals surface area contributed by atoms with Crippen LogP contribution in [0.15, 0.2) is 22.8 Å². The monoisotopic (exact) mass is 331 g/mol.